The van der Waals surface area contributed by atoms with Gasteiger partial charge in [0.2, 0.25) is 11.8 Å². The largest absolute Gasteiger partial charge is 0.495 e. The molecular formula is C19H20N4O3. The first-order valence-corrected chi connectivity index (χ1v) is 7.96. The molecule has 7 nitrogen and oxygen atoms in total. The number of rotatable bonds is 6. The first kappa shape index (κ1) is 18.8. The Morgan fingerprint density at radius 2 is 1.85 bits per heavy atom. The Kier molecular flexibility index (Phi) is 6.17. The molecule has 2 aromatic carbocycles. The van der Waals surface area contributed by atoms with E-state index in [2.05, 4.69) is 16.0 Å². The van der Waals surface area contributed by atoms with Crippen LogP contribution in [0.3, 0.4) is 0 Å². The molecule has 0 saturated carbocycles. The minimum atomic E-state index is -0.608. The lowest BCUT2D eigenvalue weighted by Crippen LogP contribution is -2.32. The van der Waals surface area contributed by atoms with Gasteiger partial charge in [0.1, 0.15) is 17.9 Å². The molecule has 2 aromatic rings. The zero-order valence-electron chi connectivity index (χ0n) is 14.8. The Hall–Kier alpha value is -3.53. The van der Waals surface area contributed by atoms with E-state index in [1.165, 1.54) is 14.0 Å². The summed E-state index contributed by atoms with van der Waals surface area (Å²) in [6, 6.07) is 13.3. The van der Waals surface area contributed by atoms with Crippen LogP contribution in [0.25, 0.3) is 0 Å². The quantitative estimate of drug-likeness (QED) is 0.741. The Morgan fingerprint density at radius 3 is 2.50 bits per heavy atom. The number of nitrogens with one attached hydrogen (secondary N) is 3. The average Bonchev–Trinajstić information content (AvgIpc) is 2.61. The third-order valence-corrected chi connectivity index (χ3v) is 3.59. The maximum atomic E-state index is 12.5. The van der Waals surface area contributed by atoms with Crippen LogP contribution in [0, 0.1) is 11.3 Å². The Labute approximate surface area is 152 Å². The predicted molar refractivity (Wildman–Crippen MR) is 100 cm³/mol. The molecule has 0 bridgehead atoms. The van der Waals surface area contributed by atoms with Crippen LogP contribution in [0.4, 0.5) is 17.1 Å². The Morgan fingerprint density at radius 1 is 1.12 bits per heavy atom. The van der Waals surface area contributed by atoms with Gasteiger partial charge in [-0.05, 0) is 37.3 Å². The number of carbonyl (C=O) groups excluding carboxylic acids is 2. The van der Waals surface area contributed by atoms with Crippen LogP contribution < -0.4 is 20.7 Å². The molecular weight excluding hydrogens is 332 g/mol. The molecule has 0 spiro atoms. The first-order valence-electron chi connectivity index (χ1n) is 7.96. The number of ether oxygens (including phenoxy) is 1. The normalized spacial score (nSPS) is 11.0. The van der Waals surface area contributed by atoms with E-state index in [4.69, 9.17) is 10.00 Å². The molecule has 0 aliphatic rings. The van der Waals surface area contributed by atoms with Crippen LogP contribution in [-0.4, -0.2) is 25.0 Å². The molecule has 134 valence electrons. The summed E-state index contributed by atoms with van der Waals surface area (Å²) in [5.74, 6) is 0.0379. The van der Waals surface area contributed by atoms with Crippen LogP contribution in [0.1, 0.15) is 19.4 Å². The van der Waals surface area contributed by atoms with E-state index in [0.717, 1.165) is 0 Å². The van der Waals surface area contributed by atoms with Gasteiger partial charge < -0.3 is 20.7 Å². The highest BCUT2D eigenvalue weighted by Crippen LogP contribution is 2.28. The fourth-order valence-corrected chi connectivity index (χ4v) is 2.33. The summed E-state index contributed by atoms with van der Waals surface area (Å²) < 4.78 is 5.29. The minimum Gasteiger partial charge on any atom is -0.495 e. The second kappa shape index (κ2) is 8.53. The predicted octanol–water partition coefficient (Wildman–Crippen LogP) is 2.96. The molecule has 26 heavy (non-hydrogen) atoms. The topological polar surface area (TPSA) is 103 Å². The summed E-state index contributed by atoms with van der Waals surface area (Å²) >= 11 is 0. The van der Waals surface area contributed by atoms with Crippen molar-refractivity contribution in [2.75, 3.05) is 23.1 Å². The first-order chi connectivity index (χ1) is 12.4. The van der Waals surface area contributed by atoms with Crippen molar-refractivity contribution in [2.45, 2.75) is 19.9 Å². The van der Waals surface area contributed by atoms with Gasteiger partial charge in [-0.25, -0.2) is 0 Å². The number of para-hydroxylation sites is 1. The van der Waals surface area contributed by atoms with Gasteiger partial charge in [0, 0.05) is 12.6 Å². The van der Waals surface area contributed by atoms with E-state index in [1.807, 2.05) is 6.07 Å². The molecule has 7 heteroatoms. The fourth-order valence-electron chi connectivity index (χ4n) is 2.33. The van der Waals surface area contributed by atoms with Crippen molar-refractivity contribution in [3.63, 3.8) is 0 Å². The number of methoxy groups -OCH3 is 1. The van der Waals surface area contributed by atoms with Crippen LogP contribution in [0.15, 0.2) is 42.5 Å². The van der Waals surface area contributed by atoms with Gasteiger partial charge in [0.15, 0.2) is 0 Å². The fraction of sp³-hybridized carbons (Fsp3) is 0.211. The average molecular weight is 352 g/mol. The van der Waals surface area contributed by atoms with E-state index in [1.54, 1.807) is 49.4 Å². The number of benzene rings is 2. The van der Waals surface area contributed by atoms with Crippen LogP contribution in [0.5, 0.6) is 5.75 Å². The highest BCUT2D eigenvalue weighted by atomic mass is 16.5. The van der Waals surface area contributed by atoms with Crippen molar-refractivity contribution in [3.8, 4) is 11.8 Å². The number of amides is 2. The third-order valence-electron chi connectivity index (χ3n) is 3.59. The molecule has 2 amide bonds. The van der Waals surface area contributed by atoms with Gasteiger partial charge in [0.25, 0.3) is 0 Å². The molecule has 0 aliphatic carbocycles. The zero-order valence-corrected chi connectivity index (χ0v) is 14.8. The number of hydrogen-bond donors (Lipinski definition) is 3. The number of anilines is 3. The standard InChI is InChI=1S/C19H20N4O3/c1-12(19(25)23-16-7-5-4-6-14(16)11-20)21-17-10-15(22-13(2)24)8-9-18(17)26-3/h4-10,12,21H,1-3H3,(H,22,24)(H,23,25)/t12-/m0/s1. The SMILES string of the molecule is COc1ccc(NC(C)=O)cc1N[C@@H](C)C(=O)Nc1ccccc1C#N. The number of hydrogen-bond acceptors (Lipinski definition) is 5. The van der Waals surface area contributed by atoms with E-state index in [9.17, 15) is 9.59 Å². The van der Waals surface area contributed by atoms with Crippen molar-refractivity contribution in [1.29, 1.82) is 5.26 Å². The van der Waals surface area contributed by atoms with Crippen molar-refractivity contribution < 1.29 is 14.3 Å². The second-order valence-electron chi connectivity index (χ2n) is 5.61. The maximum Gasteiger partial charge on any atom is 0.246 e. The maximum absolute atomic E-state index is 12.5. The minimum absolute atomic E-state index is 0.194. The molecule has 0 unspecified atom stereocenters. The van der Waals surface area contributed by atoms with Crippen molar-refractivity contribution in [2.24, 2.45) is 0 Å². The molecule has 0 aliphatic heterocycles. The van der Waals surface area contributed by atoms with Crippen LogP contribution >= 0.6 is 0 Å². The van der Waals surface area contributed by atoms with Gasteiger partial charge in [-0.3, -0.25) is 9.59 Å². The Bertz CT molecular complexity index is 858. The van der Waals surface area contributed by atoms with Gasteiger partial charge in [-0.1, -0.05) is 12.1 Å². The summed E-state index contributed by atoms with van der Waals surface area (Å²) in [6.45, 7) is 3.11. The number of carbonyl (C=O) groups is 2. The van der Waals surface area contributed by atoms with Crippen molar-refractivity contribution >= 4 is 28.9 Å². The highest BCUT2D eigenvalue weighted by Gasteiger charge is 2.16. The number of nitrogens with zero attached hydrogens (tertiary/aromatic N) is 1. The van der Waals surface area contributed by atoms with E-state index < -0.39 is 6.04 Å². The molecule has 3 N–H and O–H groups in total. The third kappa shape index (κ3) is 4.74. The zero-order chi connectivity index (χ0) is 19.1. The summed E-state index contributed by atoms with van der Waals surface area (Å²) in [4.78, 5) is 23.7. The summed E-state index contributed by atoms with van der Waals surface area (Å²) in [6.07, 6.45) is 0. The monoisotopic (exact) mass is 352 g/mol. The molecule has 0 radical (unpaired) electrons. The number of nitriles is 1. The van der Waals surface area contributed by atoms with Crippen LogP contribution in [-0.2, 0) is 9.59 Å². The lowest BCUT2D eigenvalue weighted by molar-refractivity contribution is -0.116. The van der Waals surface area contributed by atoms with Gasteiger partial charge in [0.05, 0.1) is 24.0 Å². The van der Waals surface area contributed by atoms with Gasteiger partial charge in [-0.2, -0.15) is 5.26 Å². The van der Waals surface area contributed by atoms with E-state index >= 15 is 0 Å². The highest BCUT2D eigenvalue weighted by molar-refractivity contribution is 5.97. The van der Waals surface area contributed by atoms with E-state index in [-0.39, 0.29) is 11.8 Å². The van der Waals surface area contributed by atoms with Gasteiger partial charge >= 0.3 is 0 Å². The molecule has 0 heterocycles. The second-order valence-corrected chi connectivity index (χ2v) is 5.61. The summed E-state index contributed by atoms with van der Waals surface area (Å²) in [5, 5.41) is 17.6. The molecule has 1 atom stereocenters. The smallest absolute Gasteiger partial charge is 0.246 e. The summed E-state index contributed by atoms with van der Waals surface area (Å²) in [5.41, 5.74) is 1.99. The van der Waals surface area contributed by atoms with Crippen molar-refractivity contribution in [3.05, 3.63) is 48.0 Å². The van der Waals surface area contributed by atoms with Crippen LogP contribution in [0.2, 0.25) is 0 Å². The Balaban J connectivity index is 2.15. The lowest BCUT2D eigenvalue weighted by Gasteiger charge is -2.18. The van der Waals surface area contributed by atoms with Gasteiger partial charge in [-0.15, -0.1) is 0 Å². The summed E-state index contributed by atoms with van der Waals surface area (Å²) in [7, 11) is 1.52. The lowest BCUT2D eigenvalue weighted by atomic mass is 10.2. The van der Waals surface area contributed by atoms with E-state index in [0.29, 0.717) is 28.4 Å². The van der Waals surface area contributed by atoms with Crippen molar-refractivity contribution in [1.82, 2.24) is 0 Å². The molecule has 0 fully saturated rings. The molecule has 0 saturated heterocycles. The molecule has 0 aromatic heterocycles. The molecule has 2 rings (SSSR count).